The molecule has 5 aromatic rings. The lowest BCUT2D eigenvalue weighted by Gasteiger charge is -2.28. The Labute approximate surface area is 202 Å². The number of carbonyl (C=O) groups excluding carboxylic acids is 1. The highest BCUT2D eigenvalue weighted by Crippen LogP contribution is 2.58. The van der Waals surface area contributed by atoms with Gasteiger partial charge in [-0.05, 0) is 64.5 Å². The van der Waals surface area contributed by atoms with Crippen LogP contribution in [0.4, 0.5) is 0 Å². The summed E-state index contributed by atoms with van der Waals surface area (Å²) in [5, 5.41) is 4.87. The van der Waals surface area contributed by atoms with Crippen molar-refractivity contribution >= 4 is 56.3 Å². The zero-order valence-corrected chi connectivity index (χ0v) is 20.4. The average Bonchev–Trinajstić information content (AvgIpc) is 2.90. The van der Waals surface area contributed by atoms with E-state index in [2.05, 4.69) is 124 Å². The molecule has 0 amide bonds. The number of fused-ring (bicyclic) bond motifs is 1. The van der Waals surface area contributed by atoms with Crippen LogP contribution in [0.2, 0.25) is 0 Å². The van der Waals surface area contributed by atoms with Crippen molar-refractivity contribution < 1.29 is 4.79 Å². The summed E-state index contributed by atoms with van der Waals surface area (Å²) in [7, 11) is -2.08. The van der Waals surface area contributed by atoms with Crippen LogP contribution in [0.25, 0.3) is 10.9 Å². The van der Waals surface area contributed by atoms with Gasteiger partial charge in [-0.15, -0.1) is 0 Å². The van der Waals surface area contributed by atoms with Gasteiger partial charge in [-0.2, -0.15) is 0 Å². The minimum absolute atomic E-state index is 0.670. The van der Waals surface area contributed by atoms with Gasteiger partial charge in [0.25, 0.3) is 0 Å². The van der Waals surface area contributed by atoms with Crippen molar-refractivity contribution in [1.82, 2.24) is 4.98 Å². The zero-order chi connectivity index (χ0) is 22.7. The molecular weight excluding hydrogens is 489 g/mol. The smallest absolute Gasteiger partial charge is 0.150 e. The maximum absolute atomic E-state index is 12.0. The van der Waals surface area contributed by atoms with Gasteiger partial charge in [0.05, 0.1) is 11.7 Å². The molecule has 5 rings (SSSR count). The Morgan fingerprint density at radius 1 is 0.697 bits per heavy atom. The van der Waals surface area contributed by atoms with Crippen molar-refractivity contribution in [2.24, 2.45) is 0 Å². The van der Waals surface area contributed by atoms with Crippen molar-refractivity contribution in [3.05, 3.63) is 131 Å². The molecule has 0 unspecified atom stereocenters. The maximum atomic E-state index is 12.0. The van der Waals surface area contributed by atoms with Gasteiger partial charge in [-0.1, -0.05) is 60.7 Å². The van der Waals surface area contributed by atoms with Gasteiger partial charge in [-0.3, -0.25) is 9.78 Å². The molecule has 0 atom stereocenters. The fourth-order valence-electron chi connectivity index (χ4n) is 4.59. The molecule has 0 saturated carbocycles. The SMILES string of the molecule is O=Cc1ccnc2c(Br)ccc(C[P+](c3ccccc3)(c3ccccc3)c3ccccc3)c12. The molecule has 1 heterocycles. The summed E-state index contributed by atoms with van der Waals surface area (Å²) in [6, 6.07) is 38.4. The second-order valence-electron chi connectivity index (χ2n) is 7.92. The lowest BCUT2D eigenvalue weighted by molar-refractivity contribution is 0.112. The summed E-state index contributed by atoms with van der Waals surface area (Å²) in [5.41, 5.74) is 2.63. The second-order valence-corrected chi connectivity index (χ2v) is 12.3. The number of benzene rings is 4. The summed E-state index contributed by atoms with van der Waals surface area (Å²) in [6.07, 6.45) is 3.43. The second kappa shape index (κ2) is 9.39. The molecule has 0 aliphatic carbocycles. The van der Waals surface area contributed by atoms with E-state index < -0.39 is 7.26 Å². The van der Waals surface area contributed by atoms with E-state index in [0.29, 0.717) is 5.56 Å². The van der Waals surface area contributed by atoms with Crippen molar-refractivity contribution in [1.29, 1.82) is 0 Å². The highest BCUT2D eigenvalue weighted by molar-refractivity contribution is 9.10. The normalized spacial score (nSPS) is 11.4. The van der Waals surface area contributed by atoms with Gasteiger partial charge in [0.15, 0.2) is 6.29 Å². The van der Waals surface area contributed by atoms with E-state index in [1.807, 2.05) is 0 Å². The van der Waals surface area contributed by atoms with Crippen LogP contribution in [0, 0.1) is 0 Å². The van der Waals surface area contributed by atoms with Crippen LogP contribution in [0.3, 0.4) is 0 Å². The van der Waals surface area contributed by atoms with Crippen LogP contribution in [0.1, 0.15) is 15.9 Å². The Hall–Kier alpha value is -3.13. The number of rotatable bonds is 6. The molecule has 160 valence electrons. The predicted molar refractivity (Wildman–Crippen MR) is 144 cm³/mol. The third-order valence-electron chi connectivity index (χ3n) is 6.09. The number of hydrogen-bond acceptors (Lipinski definition) is 2. The Balaban J connectivity index is 1.86. The molecule has 0 fully saturated rings. The first kappa shape index (κ1) is 21.7. The van der Waals surface area contributed by atoms with E-state index in [1.165, 1.54) is 15.9 Å². The highest BCUT2D eigenvalue weighted by atomic mass is 79.9. The highest BCUT2D eigenvalue weighted by Gasteiger charge is 2.45. The topological polar surface area (TPSA) is 30.0 Å². The summed E-state index contributed by atoms with van der Waals surface area (Å²) >= 11 is 3.64. The Kier molecular flexibility index (Phi) is 6.17. The first-order chi connectivity index (χ1) is 16.2. The molecule has 0 aliphatic heterocycles. The van der Waals surface area contributed by atoms with Crippen molar-refractivity contribution in [2.45, 2.75) is 6.16 Å². The zero-order valence-electron chi connectivity index (χ0n) is 17.9. The number of aromatic nitrogens is 1. The lowest BCUT2D eigenvalue weighted by atomic mass is 10.1. The van der Waals surface area contributed by atoms with Gasteiger partial charge in [0.2, 0.25) is 0 Å². The molecule has 0 bridgehead atoms. The molecule has 0 spiro atoms. The molecular formula is C29H22BrNOP+. The summed E-state index contributed by atoms with van der Waals surface area (Å²) in [5.74, 6) is 0. The quantitative estimate of drug-likeness (QED) is 0.198. The van der Waals surface area contributed by atoms with Gasteiger partial charge in [-0.25, -0.2) is 0 Å². The van der Waals surface area contributed by atoms with Gasteiger partial charge in [0, 0.05) is 27.2 Å². The predicted octanol–water partition coefficient (Wildman–Crippen LogP) is 6.30. The van der Waals surface area contributed by atoms with E-state index in [0.717, 1.165) is 33.4 Å². The summed E-state index contributed by atoms with van der Waals surface area (Å²) < 4.78 is 0.896. The number of pyridine rings is 1. The van der Waals surface area contributed by atoms with Crippen molar-refractivity contribution in [3.63, 3.8) is 0 Å². The van der Waals surface area contributed by atoms with Crippen LogP contribution in [0.15, 0.2) is 120 Å². The summed E-state index contributed by atoms with van der Waals surface area (Å²) in [6.45, 7) is 0. The summed E-state index contributed by atoms with van der Waals surface area (Å²) in [4.78, 5) is 16.6. The first-order valence-electron chi connectivity index (χ1n) is 10.8. The minimum Gasteiger partial charge on any atom is -0.298 e. The molecule has 2 nitrogen and oxygen atoms in total. The molecule has 4 aromatic carbocycles. The Morgan fingerprint density at radius 3 is 1.70 bits per heavy atom. The van der Waals surface area contributed by atoms with E-state index in [9.17, 15) is 4.79 Å². The molecule has 0 radical (unpaired) electrons. The number of carbonyl (C=O) groups is 1. The Morgan fingerprint density at radius 2 is 1.21 bits per heavy atom. The average molecular weight is 511 g/mol. The number of aldehydes is 1. The van der Waals surface area contributed by atoms with Crippen molar-refractivity contribution in [2.75, 3.05) is 0 Å². The number of halogens is 1. The molecule has 0 saturated heterocycles. The molecule has 1 aromatic heterocycles. The van der Waals surface area contributed by atoms with Gasteiger partial charge in [0.1, 0.15) is 23.2 Å². The monoisotopic (exact) mass is 510 g/mol. The van der Waals surface area contributed by atoms with Crippen LogP contribution in [0.5, 0.6) is 0 Å². The maximum Gasteiger partial charge on any atom is 0.150 e. The van der Waals surface area contributed by atoms with Gasteiger partial charge >= 0.3 is 0 Å². The number of hydrogen-bond donors (Lipinski definition) is 0. The van der Waals surface area contributed by atoms with Crippen LogP contribution in [-0.4, -0.2) is 11.3 Å². The molecule has 0 aliphatic rings. The van der Waals surface area contributed by atoms with E-state index >= 15 is 0 Å². The third-order valence-corrected chi connectivity index (χ3v) is 11.1. The molecule has 33 heavy (non-hydrogen) atoms. The van der Waals surface area contributed by atoms with Crippen LogP contribution in [-0.2, 0) is 6.16 Å². The van der Waals surface area contributed by atoms with E-state index in [-0.39, 0.29) is 0 Å². The third kappa shape index (κ3) is 3.93. The standard InChI is InChI=1S/C29H22BrNOP/c30-27-17-16-23(28-22(20-32)18-19-31-29(27)28)21-33(24-10-4-1-5-11-24,25-12-6-2-7-13-25)26-14-8-3-9-15-26/h1-20H,21H2/q+1. The fourth-order valence-corrected chi connectivity index (χ4v) is 9.28. The van der Waals surface area contributed by atoms with Gasteiger partial charge < -0.3 is 0 Å². The largest absolute Gasteiger partial charge is 0.298 e. The molecule has 4 heteroatoms. The van der Waals surface area contributed by atoms with E-state index in [4.69, 9.17) is 0 Å². The molecule has 0 N–H and O–H groups in total. The van der Waals surface area contributed by atoms with Crippen LogP contribution >= 0.6 is 23.2 Å². The van der Waals surface area contributed by atoms with Crippen LogP contribution < -0.4 is 15.9 Å². The van der Waals surface area contributed by atoms with Crippen molar-refractivity contribution in [3.8, 4) is 0 Å². The first-order valence-corrected chi connectivity index (χ1v) is 13.6. The number of nitrogens with zero attached hydrogens (tertiary/aromatic N) is 1. The minimum atomic E-state index is -2.08. The van der Waals surface area contributed by atoms with E-state index in [1.54, 1.807) is 12.3 Å². The lowest BCUT2D eigenvalue weighted by Crippen LogP contribution is -2.32. The Bertz CT molecular complexity index is 1310. The fraction of sp³-hybridized carbons (Fsp3) is 0.0345.